The van der Waals surface area contributed by atoms with Crippen LogP contribution in [0.1, 0.15) is 39.4 Å². The first kappa shape index (κ1) is 14.5. The molecule has 2 rings (SSSR count). The summed E-state index contributed by atoms with van der Waals surface area (Å²) in [7, 11) is 0. The predicted octanol–water partition coefficient (Wildman–Crippen LogP) is 3.84. The fraction of sp³-hybridized carbons (Fsp3) is 0.533. The van der Waals surface area contributed by atoms with E-state index in [1.807, 2.05) is 0 Å². The monoisotopic (exact) mass is 323 g/mol. The Morgan fingerprint density at radius 3 is 2.47 bits per heavy atom. The molecule has 0 atom stereocenters. The van der Waals surface area contributed by atoms with Gasteiger partial charge in [0.05, 0.1) is 11.0 Å². The minimum Gasteiger partial charge on any atom is -0.329 e. The molecule has 1 aromatic heterocycles. The van der Waals surface area contributed by atoms with Crippen molar-refractivity contribution in [2.24, 2.45) is 5.73 Å². The van der Waals surface area contributed by atoms with E-state index in [0.717, 1.165) is 35.2 Å². The van der Waals surface area contributed by atoms with Gasteiger partial charge in [0.15, 0.2) is 0 Å². The normalized spacial score (nSPS) is 12.3. The number of aromatic nitrogens is 2. The highest BCUT2D eigenvalue weighted by molar-refractivity contribution is 9.10. The molecule has 0 amide bonds. The van der Waals surface area contributed by atoms with Crippen molar-refractivity contribution in [2.45, 2.75) is 45.6 Å². The lowest BCUT2D eigenvalue weighted by Gasteiger charge is -2.30. The zero-order valence-corrected chi connectivity index (χ0v) is 13.5. The van der Waals surface area contributed by atoms with Crippen molar-refractivity contribution >= 4 is 27.0 Å². The molecule has 19 heavy (non-hydrogen) atoms. The molecular weight excluding hydrogens is 302 g/mol. The van der Waals surface area contributed by atoms with E-state index in [0.29, 0.717) is 6.54 Å². The summed E-state index contributed by atoms with van der Waals surface area (Å²) < 4.78 is 3.38. The fourth-order valence-corrected chi connectivity index (χ4v) is 3.12. The van der Waals surface area contributed by atoms with Crippen LogP contribution in [0.3, 0.4) is 0 Å². The summed E-state index contributed by atoms with van der Waals surface area (Å²) in [5, 5.41) is 0. The summed E-state index contributed by atoms with van der Waals surface area (Å²) in [4.78, 5) is 4.88. The lowest BCUT2D eigenvalue weighted by atomic mass is 9.81. The zero-order valence-electron chi connectivity index (χ0n) is 11.9. The maximum absolute atomic E-state index is 6.07. The van der Waals surface area contributed by atoms with Crippen LogP contribution < -0.4 is 5.73 Å². The van der Waals surface area contributed by atoms with Crippen LogP contribution in [0.4, 0.5) is 0 Å². The van der Waals surface area contributed by atoms with E-state index in [1.54, 1.807) is 0 Å². The van der Waals surface area contributed by atoms with Gasteiger partial charge in [-0.1, -0.05) is 29.8 Å². The molecule has 104 valence electrons. The summed E-state index contributed by atoms with van der Waals surface area (Å²) in [6, 6.07) is 6.28. The summed E-state index contributed by atoms with van der Waals surface area (Å²) in [5.41, 5.74) is 8.30. The van der Waals surface area contributed by atoms with Gasteiger partial charge < -0.3 is 10.3 Å². The van der Waals surface area contributed by atoms with Crippen LogP contribution in [0.15, 0.2) is 22.7 Å². The van der Waals surface area contributed by atoms with Gasteiger partial charge in [-0.3, -0.25) is 0 Å². The molecule has 0 aliphatic heterocycles. The van der Waals surface area contributed by atoms with Gasteiger partial charge >= 0.3 is 0 Å². The minimum absolute atomic E-state index is 0.0124. The van der Waals surface area contributed by atoms with E-state index in [-0.39, 0.29) is 5.41 Å². The lowest BCUT2D eigenvalue weighted by Crippen LogP contribution is -2.36. The molecule has 0 aliphatic carbocycles. The molecule has 0 spiro atoms. The Labute approximate surface area is 123 Å². The van der Waals surface area contributed by atoms with Gasteiger partial charge in [-0.2, -0.15) is 0 Å². The number of nitrogens with two attached hydrogens (primary N) is 1. The summed E-state index contributed by atoms with van der Waals surface area (Å²) in [5.74, 6) is 1.13. The van der Waals surface area contributed by atoms with E-state index in [1.165, 1.54) is 5.52 Å². The van der Waals surface area contributed by atoms with Gasteiger partial charge in [-0.15, -0.1) is 0 Å². The highest BCUT2D eigenvalue weighted by Gasteiger charge is 2.32. The van der Waals surface area contributed by atoms with Crippen LogP contribution in [0.5, 0.6) is 0 Å². The van der Waals surface area contributed by atoms with Crippen LogP contribution in [-0.4, -0.2) is 16.1 Å². The number of hydrogen-bond acceptors (Lipinski definition) is 2. The number of halogens is 1. The molecule has 2 aromatic rings. The zero-order chi connectivity index (χ0) is 14.0. The largest absolute Gasteiger partial charge is 0.329 e. The number of nitrogens with zero attached hydrogens (tertiary/aromatic N) is 2. The Hall–Kier alpha value is -0.870. The average molecular weight is 324 g/mol. The van der Waals surface area contributed by atoms with E-state index in [2.05, 4.69) is 59.5 Å². The van der Waals surface area contributed by atoms with Crippen molar-refractivity contribution in [1.29, 1.82) is 0 Å². The SMILES string of the molecule is CCn1c(C(CC)(CC)CN)nc2cc(Br)ccc21. The molecule has 1 heterocycles. The summed E-state index contributed by atoms with van der Waals surface area (Å²) >= 11 is 3.52. The molecule has 1 aromatic carbocycles. The second-order valence-corrected chi connectivity index (χ2v) is 5.92. The molecule has 0 unspecified atom stereocenters. The Morgan fingerprint density at radius 1 is 1.26 bits per heavy atom. The molecular formula is C15H22BrN3. The van der Waals surface area contributed by atoms with Gasteiger partial charge in [0.25, 0.3) is 0 Å². The molecule has 0 saturated carbocycles. The second kappa shape index (κ2) is 5.63. The van der Waals surface area contributed by atoms with Crippen molar-refractivity contribution in [2.75, 3.05) is 6.54 Å². The van der Waals surface area contributed by atoms with E-state index < -0.39 is 0 Å². The van der Waals surface area contributed by atoms with Gasteiger partial charge in [0.2, 0.25) is 0 Å². The molecule has 0 radical (unpaired) electrons. The third-order valence-electron chi connectivity index (χ3n) is 4.25. The van der Waals surface area contributed by atoms with Crippen molar-refractivity contribution in [3.63, 3.8) is 0 Å². The first-order valence-electron chi connectivity index (χ1n) is 6.98. The lowest BCUT2D eigenvalue weighted by molar-refractivity contribution is 0.369. The number of benzene rings is 1. The molecule has 0 saturated heterocycles. The number of aryl methyl sites for hydroxylation is 1. The van der Waals surface area contributed by atoms with Crippen LogP contribution in [0, 0.1) is 0 Å². The molecule has 0 aliphatic rings. The predicted molar refractivity (Wildman–Crippen MR) is 84.4 cm³/mol. The van der Waals surface area contributed by atoms with Crippen molar-refractivity contribution in [3.05, 3.63) is 28.5 Å². The third kappa shape index (κ3) is 2.32. The quantitative estimate of drug-likeness (QED) is 0.908. The number of imidazole rings is 1. The van der Waals surface area contributed by atoms with Crippen molar-refractivity contribution < 1.29 is 0 Å². The first-order valence-corrected chi connectivity index (χ1v) is 7.77. The highest BCUT2D eigenvalue weighted by atomic mass is 79.9. The minimum atomic E-state index is -0.0124. The van der Waals surface area contributed by atoms with Gasteiger partial charge in [-0.25, -0.2) is 4.98 Å². The molecule has 0 fully saturated rings. The van der Waals surface area contributed by atoms with Crippen LogP contribution in [0.25, 0.3) is 11.0 Å². The maximum atomic E-state index is 6.07. The molecule has 2 N–H and O–H groups in total. The summed E-state index contributed by atoms with van der Waals surface area (Å²) in [6.07, 6.45) is 2.04. The standard InChI is InChI=1S/C15H22BrN3/c1-4-15(5-2,10-17)14-18-12-9-11(16)7-8-13(12)19(14)6-3/h7-9H,4-6,10,17H2,1-3H3. The molecule has 4 heteroatoms. The van der Waals surface area contributed by atoms with Crippen molar-refractivity contribution in [1.82, 2.24) is 9.55 Å². The van der Waals surface area contributed by atoms with Crippen LogP contribution in [-0.2, 0) is 12.0 Å². The van der Waals surface area contributed by atoms with Crippen LogP contribution >= 0.6 is 15.9 Å². The average Bonchev–Trinajstić information content (AvgIpc) is 2.79. The summed E-state index contributed by atoms with van der Waals surface area (Å²) in [6.45, 7) is 8.14. The van der Waals surface area contributed by atoms with E-state index in [9.17, 15) is 0 Å². The molecule has 3 nitrogen and oxygen atoms in total. The first-order chi connectivity index (χ1) is 9.11. The van der Waals surface area contributed by atoms with Gasteiger partial charge in [0.1, 0.15) is 5.82 Å². The van der Waals surface area contributed by atoms with E-state index >= 15 is 0 Å². The number of rotatable bonds is 5. The van der Waals surface area contributed by atoms with Crippen molar-refractivity contribution in [3.8, 4) is 0 Å². The Bertz CT molecular complexity index is 562. The van der Waals surface area contributed by atoms with Gasteiger partial charge in [0, 0.05) is 23.0 Å². The number of fused-ring (bicyclic) bond motifs is 1. The maximum Gasteiger partial charge on any atom is 0.117 e. The second-order valence-electron chi connectivity index (χ2n) is 5.00. The number of hydrogen-bond donors (Lipinski definition) is 1. The van der Waals surface area contributed by atoms with E-state index in [4.69, 9.17) is 10.7 Å². The molecule has 0 bridgehead atoms. The third-order valence-corrected chi connectivity index (χ3v) is 4.74. The Morgan fingerprint density at radius 2 is 1.95 bits per heavy atom. The smallest absolute Gasteiger partial charge is 0.117 e. The van der Waals surface area contributed by atoms with Crippen LogP contribution in [0.2, 0.25) is 0 Å². The highest BCUT2D eigenvalue weighted by Crippen LogP contribution is 2.33. The Kier molecular flexibility index (Phi) is 4.31. The fourth-order valence-electron chi connectivity index (χ4n) is 2.77. The topological polar surface area (TPSA) is 43.8 Å². The van der Waals surface area contributed by atoms with Gasteiger partial charge in [-0.05, 0) is 38.0 Å². The Balaban J connectivity index is 2.72.